The first kappa shape index (κ1) is 24.7. The third kappa shape index (κ3) is 7.30. The maximum atomic E-state index is 12.9. The van der Waals surface area contributed by atoms with E-state index in [-0.39, 0.29) is 5.91 Å². The number of hydrogen-bond acceptors (Lipinski definition) is 6. The van der Waals surface area contributed by atoms with Gasteiger partial charge in [-0.25, -0.2) is 9.97 Å². The van der Waals surface area contributed by atoms with Gasteiger partial charge in [0.1, 0.15) is 5.82 Å². The van der Waals surface area contributed by atoms with Gasteiger partial charge in [0.05, 0.1) is 12.3 Å². The normalized spacial score (nSPS) is 10.8. The number of benzene rings is 2. The van der Waals surface area contributed by atoms with Crippen LogP contribution in [0, 0.1) is 0 Å². The number of hydrogen-bond donors (Lipinski definition) is 0. The maximum absolute atomic E-state index is 12.9. The molecule has 0 aliphatic carbocycles. The molecule has 0 saturated carbocycles. The van der Waals surface area contributed by atoms with Gasteiger partial charge in [0, 0.05) is 51.7 Å². The molecular weight excluding hydrogens is 432 g/mol. The van der Waals surface area contributed by atoms with Gasteiger partial charge in [-0.3, -0.25) is 4.79 Å². The minimum Gasteiger partial charge on any atom is -0.378 e. The summed E-state index contributed by atoms with van der Waals surface area (Å²) in [4.78, 5) is 26.2. The molecule has 0 atom stereocenters. The Labute approximate surface area is 201 Å². The Balaban J connectivity index is 1.69. The molecule has 0 aliphatic rings. The van der Waals surface area contributed by atoms with E-state index in [0.717, 1.165) is 35.6 Å². The van der Waals surface area contributed by atoms with E-state index in [9.17, 15) is 4.79 Å². The number of carbonyl (C=O) groups is 1. The fourth-order valence-corrected chi connectivity index (χ4v) is 4.30. The number of thioether (sulfide) groups is 1. The zero-order chi connectivity index (χ0) is 23.6. The first-order chi connectivity index (χ1) is 16.0. The van der Waals surface area contributed by atoms with Gasteiger partial charge in [-0.05, 0) is 29.7 Å². The van der Waals surface area contributed by atoms with Crippen molar-refractivity contribution < 1.29 is 9.53 Å². The lowest BCUT2D eigenvalue weighted by Crippen LogP contribution is -2.26. The number of ether oxygens (including phenoxy) is 1. The summed E-state index contributed by atoms with van der Waals surface area (Å²) < 4.78 is 5.29. The number of aromatic nitrogens is 2. The van der Waals surface area contributed by atoms with Crippen molar-refractivity contribution >= 4 is 23.5 Å². The second-order valence-electron chi connectivity index (χ2n) is 7.99. The zero-order valence-corrected chi connectivity index (χ0v) is 20.6. The predicted octanol–water partition coefficient (Wildman–Crippen LogP) is 5.03. The second kappa shape index (κ2) is 12.4. The van der Waals surface area contributed by atoms with Crippen LogP contribution in [0.1, 0.15) is 40.5 Å². The van der Waals surface area contributed by atoms with Crippen molar-refractivity contribution in [1.82, 2.24) is 14.9 Å². The molecule has 0 saturated heterocycles. The summed E-state index contributed by atoms with van der Waals surface area (Å²) in [6.07, 6.45) is 1.04. The molecule has 2 aromatic carbocycles. The van der Waals surface area contributed by atoms with Gasteiger partial charge < -0.3 is 14.5 Å². The maximum Gasteiger partial charge on any atom is 0.253 e. The van der Waals surface area contributed by atoms with Gasteiger partial charge in [-0.1, -0.05) is 61.2 Å². The molecule has 0 bridgehead atoms. The first-order valence-electron chi connectivity index (χ1n) is 11.1. The fraction of sp³-hybridized carbons (Fsp3) is 0.346. The average molecular weight is 465 g/mol. The highest BCUT2D eigenvalue weighted by molar-refractivity contribution is 7.98. The van der Waals surface area contributed by atoms with Crippen molar-refractivity contribution in [3.8, 4) is 0 Å². The number of nitrogens with zero attached hydrogens (tertiary/aromatic N) is 4. The van der Waals surface area contributed by atoms with Crippen LogP contribution in [0.3, 0.4) is 0 Å². The van der Waals surface area contributed by atoms with E-state index in [1.54, 1.807) is 23.8 Å². The Bertz CT molecular complexity index is 1050. The molecule has 1 aromatic heterocycles. The highest BCUT2D eigenvalue weighted by Gasteiger charge is 2.14. The lowest BCUT2D eigenvalue weighted by Gasteiger charge is -2.19. The van der Waals surface area contributed by atoms with Crippen LogP contribution in [-0.4, -0.2) is 48.5 Å². The number of carbonyl (C=O) groups excluding carboxylic acids is 1. The summed E-state index contributed by atoms with van der Waals surface area (Å²) in [7, 11) is 5.54. The molecular formula is C26H32N4O2S. The quantitative estimate of drug-likeness (QED) is 0.293. The third-order valence-electron chi connectivity index (χ3n) is 5.14. The standard InChI is InChI=1S/C26H32N4O2S/c1-5-14-29(2)24-16-23(18-32-4)27-26(28-24)33-19-21-12-9-13-22(15-21)25(31)30(3)17-20-10-7-6-8-11-20/h6-13,15-16H,5,14,17-19H2,1-4H3. The molecule has 6 nitrogen and oxygen atoms in total. The Hall–Kier alpha value is -2.90. The summed E-state index contributed by atoms with van der Waals surface area (Å²) in [5, 5.41) is 0.709. The molecule has 33 heavy (non-hydrogen) atoms. The smallest absolute Gasteiger partial charge is 0.253 e. The lowest BCUT2D eigenvalue weighted by atomic mass is 10.1. The van der Waals surface area contributed by atoms with Gasteiger partial charge in [0.25, 0.3) is 5.91 Å². The first-order valence-corrected chi connectivity index (χ1v) is 12.1. The fourth-order valence-electron chi connectivity index (χ4n) is 3.48. The third-order valence-corrected chi connectivity index (χ3v) is 6.06. The molecule has 3 aromatic rings. The molecule has 0 spiro atoms. The van der Waals surface area contributed by atoms with E-state index >= 15 is 0 Å². The minimum absolute atomic E-state index is 0.00696. The number of anilines is 1. The highest BCUT2D eigenvalue weighted by Crippen LogP contribution is 2.24. The van der Waals surface area contributed by atoms with Gasteiger partial charge in [0.2, 0.25) is 0 Å². The molecule has 174 valence electrons. The van der Waals surface area contributed by atoms with Crippen LogP contribution in [0.25, 0.3) is 0 Å². The molecule has 0 aliphatic heterocycles. The summed E-state index contributed by atoms with van der Waals surface area (Å²) in [5.41, 5.74) is 3.71. The van der Waals surface area contributed by atoms with Crippen molar-refractivity contribution in [3.63, 3.8) is 0 Å². The number of methoxy groups -OCH3 is 1. The lowest BCUT2D eigenvalue weighted by molar-refractivity contribution is 0.0785. The minimum atomic E-state index is 0.00696. The zero-order valence-electron chi connectivity index (χ0n) is 19.8. The van der Waals surface area contributed by atoms with E-state index in [0.29, 0.717) is 29.6 Å². The van der Waals surface area contributed by atoms with Gasteiger partial charge in [-0.15, -0.1) is 0 Å². The molecule has 0 N–H and O–H groups in total. The largest absolute Gasteiger partial charge is 0.378 e. The topological polar surface area (TPSA) is 58.6 Å². The van der Waals surface area contributed by atoms with Crippen LogP contribution in [0.5, 0.6) is 0 Å². The predicted molar refractivity (Wildman–Crippen MR) is 135 cm³/mol. The van der Waals surface area contributed by atoms with E-state index in [1.807, 2.05) is 74.8 Å². The van der Waals surface area contributed by atoms with Crippen LogP contribution in [-0.2, 0) is 23.6 Å². The van der Waals surface area contributed by atoms with Crippen LogP contribution in [0.2, 0.25) is 0 Å². The Morgan fingerprint density at radius 1 is 1.00 bits per heavy atom. The molecule has 7 heteroatoms. The molecule has 0 fully saturated rings. The summed E-state index contributed by atoms with van der Waals surface area (Å²) >= 11 is 1.57. The Morgan fingerprint density at radius 2 is 1.76 bits per heavy atom. The van der Waals surface area contributed by atoms with Crippen molar-refractivity contribution in [2.24, 2.45) is 0 Å². The average Bonchev–Trinajstić information content (AvgIpc) is 2.83. The second-order valence-corrected chi connectivity index (χ2v) is 8.93. The molecule has 3 rings (SSSR count). The van der Waals surface area contributed by atoms with Crippen molar-refractivity contribution in [3.05, 3.63) is 83.0 Å². The monoisotopic (exact) mass is 464 g/mol. The SMILES string of the molecule is CCCN(C)c1cc(COC)nc(SCc2cccc(C(=O)N(C)Cc3ccccc3)c2)n1. The van der Waals surface area contributed by atoms with Crippen LogP contribution < -0.4 is 4.90 Å². The van der Waals surface area contributed by atoms with Gasteiger partial charge in [-0.2, -0.15) is 0 Å². The molecule has 0 unspecified atom stereocenters. The van der Waals surface area contributed by atoms with Crippen LogP contribution in [0.4, 0.5) is 5.82 Å². The Kier molecular flexibility index (Phi) is 9.27. The van der Waals surface area contributed by atoms with E-state index < -0.39 is 0 Å². The van der Waals surface area contributed by atoms with Gasteiger partial charge >= 0.3 is 0 Å². The number of amides is 1. The molecule has 1 amide bonds. The van der Waals surface area contributed by atoms with Gasteiger partial charge in [0.15, 0.2) is 5.16 Å². The highest BCUT2D eigenvalue weighted by atomic mass is 32.2. The van der Waals surface area contributed by atoms with E-state index in [4.69, 9.17) is 9.72 Å². The van der Waals surface area contributed by atoms with Crippen molar-refractivity contribution in [2.75, 3.05) is 32.6 Å². The summed E-state index contributed by atoms with van der Waals surface area (Å²) in [6, 6.07) is 19.8. The van der Waals surface area contributed by atoms with E-state index in [2.05, 4.69) is 16.8 Å². The van der Waals surface area contributed by atoms with Crippen molar-refractivity contribution in [1.29, 1.82) is 0 Å². The molecule has 1 heterocycles. The Morgan fingerprint density at radius 3 is 2.48 bits per heavy atom. The number of rotatable bonds is 11. The molecule has 0 radical (unpaired) electrons. The van der Waals surface area contributed by atoms with Crippen molar-refractivity contribution in [2.45, 2.75) is 37.4 Å². The summed E-state index contributed by atoms with van der Waals surface area (Å²) in [5.74, 6) is 1.58. The van der Waals surface area contributed by atoms with E-state index in [1.165, 1.54) is 0 Å². The van der Waals surface area contributed by atoms with Crippen LogP contribution in [0.15, 0.2) is 65.8 Å². The van der Waals surface area contributed by atoms with Crippen LogP contribution >= 0.6 is 11.8 Å². The summed E-state index contributed by atoms with van der Waals surface area (Å²) in [6.45, 7) is 4.09.